The lowest BCUT2D eigenvalue weighted by Gasteiger charge is -2.28. The highest BCUT2D eigenvalue weighted by Gasteiger charge is 2.42. The molecule has 0 radical (unpaired) electrons. The molecule has 0 amide bonds. The fourth-order valence-corrected chi connectivity index (χ4v) is 3.41. The van der Waals surface area contributed by atoms with E-state index in [1.807, 2.05) is 6.07 Å². The minimum Gasteiger partial charge on any atom is -0.497 e. The first-order valence-electron chi connectivity index (χ1n) is 7.45. The molecule has 1 saturated heterocycles. The molecule has 1 aromatic carbocycles. The van der Waals surface area contributed by atoms with Crippen molar-refractivity contribution in [2.24, 2.45) is 11.7 Å². The van der Waals surface area contributed by atoms with Crippen LogP contribution in [0.1, 0.15) is 30.9 Å². The van der Waals surface area contributed by atoms with Gasteiger partial charge in [-0.3, -0.25) is 4.90 Å². The van der Waals surface area contributed by atoms with Crippen molar-refractivity contribution in [1.29, 1.82) is 0 Å². The van der Waals surface area contributed by atoms with Gasteiger partial charge in [0.2, 0.25) is 0 Å². The second-order valence-electron chi connectivity index (χ2n) is 5.84. The SMILES string of the molecule is COc1cc(OC)cc(C2C(CN)CCN2C2CC2)c1. The first-order valence-corrected chi connectivity index (χ1v) is 7.45. The normalized spacial score (nSPS) is 26.8. The molecule has 0 spiro atoms. The van der Waals surface area contributed by atoms with Gasteiger partial charge in [0.25, 0.3) is 0 Å². The van der Waals surface area contributed by atoms with Gasteiger partial charge in [-0.25, -0.2) is 0 Å². The Balaban J connectivity index is 1.95. The highest BCUT2D eigenvalue weighted by molar-refractivity contribution is 5.40. The number of likely N-dealkylation sites (tertiary alicyclic amines) is 1. The highest BCUT2D eigenvalue weighted by Crippen LogP contribution is 2.45. The summed E-state index contributed by atoms with van der Waals surface area (Å²) < 4.78 is 10.8. The van der Waals surface area contributed by atoms with Gasteiger partial charge in [-0.05, 0) is 56.0 Å². The average Bonchev–Trinajstić information content (AvgIpc) is 3.25. The zero-order valence-electron chi connectivity index (χ0n) is 12.3. The van der Waals surface area contributed by atoms with Crippen LogP contribution in [0.2, 0.25) is 0 Å². The third-order valence-electron chi connectivity index (χ3n) is 4.60. The van der Waals surface area contributed by atoms with Gasteiger partial charge in [-0.15, -0.1) is 0 Å². The molecule has 2 atom stereocenters. The van der Waals surface area contributed by atoms with Crippen molar-refractivity contribution in [3.63, 3.8) is 0 Å². The van der Waals surface area contributed by atoms with E-state index in [4.69, 9.17) is 15.2 Å². The van der Waals surface area contributed by atoms with E-state index < -0.39 is 0 Å². The van der Waals surface area contributed by atoms with Gasteiger partial charge in [0.05, 0.1) is 14.2 Å². The van der Waals surface area contributed by atoms with E-state index in [-0.39, 0.29) is 0 Å². The molecule has 2 N–H and O–H groups in total. The predicted molar refractivity (Wildman–Crippen MR) is 79.2 cm³/mol. The van der Waals surface area contributed by atoms with Crippen LogP contribution in [0.3, 0.4) is 0 Å². The Kier molecular flexibility index (Phi) is 3.85. The van der Waals surface area contributed by atoms with Crippen LogP contribution in [0.5, 0.6) is 11.5 Å². The minimum atomic E-state index is 0.413. The van der Waals surface area contributed by atoms with Crippen LogP contribution in [0.4, 0.5) is 0 Å². The first-order chi connectivity index (χ1) is 9.76. The smallest absolute Gasteiger partial charge is 0.122 e. The van der Waals surface area contributed by atoms with Crippen LogP contribution < -0.4 is 15.2 Å². The molecular weight excluding hydrogens is 252 g/mol. The molecule has 1 aliphatic carbocycles. The average molecular weight is 276 g/mol. The Morgan fingerprint density at radius 2 is 1.75 bits per heavy atom. The van der Waals surface area contributed by atoms with Crippen molar-refractivity contribution < 1.29 is 9.47 Å². The lowest BCUT2D eigenvalue weighted by molar-refractivity contribution is 0.219. The molecule has 1 aromatic rings. The Hall–Kier alpha value is -1.26. The number of rotatable bonds is 5. The minimum absolute atomic E-state index is 0.413. The van der Waals surface area contributed by atoms with Crippen molar-refractivity contribution in [3.05, 3.63) is 23.8 Å². The fourth-order valence-electron chi connectivity index (χ4n) is 3.41. The summed E-state index contributed by atoms with van der Waals surface area (Å²) in [6.07, 6.45) is 3.85. The van der Waals surface area contributed by atoms with E-state index in [2.05, 4.69) is 17.0 Å². The summed E-state index contributed by atoms with van der Waals surface area (Å²) in [7, 11) is 3.40. The maximum Gasteiger partial charge on any atom is 0.122 e. The van der Waals surface area contributed by atoms with Crippen LogP contribution in [-0.4, -0.2) is 38.3 Å². The number of nitrogens with two attached hydrogens (primary N) is 1. The van der Waals surface area contributed by atoms with E-state index in [9.17, 15) is 0 Å². The van der Waals surface area contributed by atoms with E-state index in [0.717, 1.165) is 30.6 Å². The van der Waals surface area contributed by atoms with E-state index in [0.29, 0.717) is 12.0 Å². The van der Waals surface area contributed by atoms with Gasteiger partial charge in [0.15, 0.2) is 0 Å². The van der Waals surface area contributed by atoms with Gasteiger partial charge in [0.1, 0.15) is 11.5 Å². The molecule has 2 fully saturated rings. The first kappa shape index (κ1) is 13.7. The monoisotopic (exact) mass is 276 g/mol. The van der Waals surface area contributed by atoms with Crippen molar-refractivity contribution in [2.45, 2.75) is 31.3 Å². The zero-order valence-corrected chi connectivity index (χ0v) is 12.3. The summed E-state index contributed by atoms with van der Waals surface area (Å²) in [5.41, 5.74) is 7.28. The Labute approximate surface area is 120 Å². The molecule has 4 nitrogen and oxygen atoms in total. The van der Waals surface area contributed by atoms with Crippen LogP contribution >= 0.6 is 0 Å². The summed E-state index contributed by atoms with van der Waals surface area (Å²) in [5, 5.41) is 0. The molecule has 2 unspecified atom stereocenters. The number of ether oxygens (including phenoxy) is 2. The van der Waals surface area contributed by atoms with E-state index >= 15 is 0 Å². The number of methoxy groups -OCH3 is 2. The summed E-state index contributed by atoms with van der Waals surface area (Å²) in [4.78, 5) is 2.63. The number of benzene rings is 1. The second-order valence-corrected chi connectivity index (χ2v) is 5.84. The molecule has 20 heavy (non-hydrogen) atoms. The Morgan fingerprint density at radius 1 is 1.10 bits per heavy atom. The third-order valence-corrected chi connectivity index (χ3v) is 4.60. The van der Waals surface area contributed by atoms with E-state index in [1.54, 1.807) is 14.2 Å². The zero-order chi connectivity index (χ0) is 14.1. The van der Waals surface area contributed by atoms with E-state index in [1.165, 1.54) is 24.8 Å². The Morgan fingerprint density at radius 3 is 2.25 bits per heavy atom. The van der Waals surface area contributed by atoms with Gasteiger partial charge in [-0.2, -0.15) is 0 Å². The van der Waals surface area contributed by atoms with Crippen molar-refractivity contribution in [3.8, 4) is 11.5 Å². The Bertz CT molecular complexity index is 451. The summed E-state index contributed by atoms with van der Waals surface area (Å²) in [5.74, 6) is 2.25. The standard InChI is InChI=1S/C16H24N2O2/c1-19-14-7-12(8-15(9-14)20-2)16-11(10-17)5-6-18(16)13-3-4-13/h7-9,11,13,16H,3-6,10,17H2,1-2H3. The summed E-state index contributed by atoms with van der Waals surface area (Å²) in [6, 6.07) is 7.37. The third kappa shape index (κ3) is 2.50. The van der Waals surface area contributed by atoms with Crippen molar-refractivity contribution >= 4 is 0 Å². The van der Waals surface area contributed by atoms with Crippen LogP contribution in [0.25, 0.3) is 0 Å². The highest BCUT2D eigenvalue weighted by atomic mass is 16.5. The maximum atomic E-state index is 6.00. The number of hydrogen-bond donors (Lipinski definition) is 1. The molecule has 0 bridgehead atoms. The van der Waals surface area contributed by atoms with Crippen LogP contribution in [0.15, 0.2) is 18.2 Å². The molecule has 4 heteroatoms. The number of hydrogen-bond acceptors (Lipinski definition) is 4. The fraction of sp³-hybridized carbons (Fsp3) is 0.625. The molecule has 1 heterocycles. The predicted octanol–water partition coefficient (Wildman–Crippen LogP) is 2.19. The summed E-state index contributed by atoms with van der Waals surface area (Å²) in [6.45, 7) is 1.91. The molecule has 2 aliphatic rings. The topological polar surface area (TPSA) is 47.7 Å². The molecule has 1 saturated carbocycles. The molecular formula is C16H24N2O2. The summed E-state index contributed by atoms with van der Waals surface area (Å²) >= 11 is 0. The largest absolute Gasteiger partial charge is 0.497 e. The molecule has 1 aliphatic heterocycles. The van der Waals surface area contributed by atoms with Gasteiger partial charge in [-0.1, -0.05) is 0 Å². The molecule has 3 rings (SSSR count). The van der Waals surface area contributed by atoms with Crippen LogP contribution in [-0.2, 0) is 0 Å². The molecule has 0 aromatic heterocycles. The van der Waals surface area contributed by atoms with Gasteiger partial charge < -0.3 is 15.2 Å². The van der Waals surface area contributed by atoms with Gasteiger partial charge in [0, 0.05) is 18.2 Å². The van der Waals surface area contributed by atoms with Crippen molar-refractivity contribution in [2.75, 3.05) is 27.3 Å². The van der Waals surface area contributed by atoms with Crippen molar-refractivity contribution in [1.82, 2.24) is 4.90 Å². The maximum absolute atomic E-state index is 6.00. The number of nitrogens with zero attached hydrogens (tertiary/aromatic N) is 1. The molecule has 110 valence electrons. The quantitative estimate of drug-likeness (QED) is 0.895. The van der Waals surface area contributed by atoms with Gasteiger partial charge >= 0.3 is 0 Å². The van der Waals surface area contributed by atoms with Crippen LogP contribution in [0, 0.1) is 5.92 Å². The lowest BCUT2D eigenvalue weighted by atomic mass is 9.93. The second kappa shape index (κ2) is 5.62. The lowest BCUT2D eigenvalue weighted by Crippen LogP contribution is -2.30.